The van der Waals surface area contributed by atoms with Gasteiger partial charge in [-0.1, -0.05) is 0 Å². The van der Waals surface area contributed by atoms with Gasteiger partial charge in [0, 0.05) is 25.8 Å². The molecule has 0 aromatic heterocycles. The van der Waals surface area contributed by atoms with Gasteiger partial charge in [0.15, 0.2) is 11.1 Å². The number of rotatable bonds is 6. The van der Waals surface area contributed by atoms with Crippen molar-refractivity contribution in [2.75, 3.05) is 26.5 Å². The van der Waals surface area contributed by atoms with Gasteiger partial charge in [-0.2, -0.15) is 9.35 Å². The van der Waals surface area contributed by atoms with Crippen LogP contribution in [0.5, 0.6) is 0 Å². The molecule has 8 heteroatoms. The highest BCUT2D eigenvalue weighted by molar-refractivity contribution is 7.79. The maximum absolute atomic E-state index is 11.1. The molecule has 1 heterocycles. The molecule has 1 aliphatic rings. The van der Waals surface area contributed by atoms with Crippen molar-refractivity contribution in [1.82, 2.24) is 10.4 Å². The number of hydrogen-bond donors (Lipinski definition) is 1. The largest absolute Gasteiger partial charge is 0.354 e. The zero-order chi connectivity index (χ0) is 13.5. The molecule has 1 saturated heterocycles. The summed E-state index contributed by atoms with van der Waals surface area (Å²) in [6.07, 6.45) is 2.88. The SMILES string of the molecule is COOCC1CC(NC(C)=O)CCN1OS(C)=O. The second-order valence-electron chi connectivity index (χ2n) is 4.14. The van der Waals surface area contributed by atoms with Crippen molar-refractivity contribution in [3.63, 3.8) is 0 Å². The lowest BCUT2D eigenvalue weighted by Crippen LogP contribution is -2.51. The van der Waals surface area contributed by atoms with Crippen LogP contribution in [-0.2, 0) is 29.9 Å². The van der Waals surface area contributed by atoms with E-state index in [1.807, 2.05) is 0 Å². The Labute approximate surface area is 109 Å². The zero-order valence-corrected chi connectivity index (χ0v) is 11.7. The number of amides is 1. The standard InChI is InChI=1S/C10H20N2O5S/c1-8(13)11-9-4-5-12(17-18(3)14)10(6-9)7-16-15-2/h9-10H,4-7H2,1-3H3,(H,11,13). The van der Waals surface area contributed by atoms with Crippen LogP contribution in [0, 0.1) is 0 Å². The summed E-state index contributed by atoms with van der Waals surface area (Å²) in [4.78, 5) is 20.5. The average Bonchev–Trinajstić information content (AvgIpc) is 2.27. The molecule has 7 nitrogen and oxygen atoms in total. The summed E-state index contributed by atoms with van der Waals surface area (Å²) < 4.78 is 16.3. The molecule has 1 N–H and O–H groups in total. The lowest BCUT2D eigenvalue weighted by molar-refractivity contribution is -0.291. The van der Waals surface area contributed by atoms with Gasteiger partial charge in [0.2, 0.25) is 5.91 Å². The van der Waals surface area contributed by atoms with E-state index in [0.29, 0.717) is 19.6 Å². The number of carbonyl (C=O) groups is 1. The van der Waals surface area contributed by atoms with Crippen molar-refractivity contribution in [1.29, 1.82) is 0 Å². The molecule has 1 aliphatic heterocycles. The summed E-state index contributed by atoms with van der Waals surface area (Å²) in [5.41, 5.74) is 0. The monoisotopic (exact) mass is 280 g/mol. The molecule has 1 amide bonds. The van der Waals surface area contributed by atoms with Crippen LogP contribution in [-0.4, -0.2) is 53.8 Å². The number of nitrogens with one attached hydrogen (secondary N) is 1. The van der Waals surface area contributed by atoms with Gasteiger partial charge < -0.3 is 5.32 Å². The van der Waals surface area contributed by atoms with E-state index in [1.165, 1.54) is 20.3 Å². The molecular formula is C10H20N2O5S. The Hall–Kier alpha value is -0.540. The van der Waals surface area contributed by atoms with Gasteiger partial charge in [-0.05, 0) is 12.8 Å². The fourth-order valence-corrected chi connectivity index (χ4v) is 2.44. The molecular weight excluding hydrogens is 260 g/mol. The first-order valence-corrected chi connectivity index (χ1v) is 7.22. The lowest BCUT2D eigenvalue weighted by Gasteiger charge is -2.36. The van der Waals surface area contributed by atoms with Crippen molar-refractivity contribution < 1.29 is 23.1 Å². The predicted octanol–water partition coefficient (Wildman–Crippen LogP) is -0.241. The van der Waals surface area contributed by atoms with Crippen molar-refractivity contribution in [2.45, 2.75) is 31.8 Å². The maximum atomic E-state index is 11.1. The van der Waals surface area contributed by atoms with Crippen LogP contribution in [0.1, 0.15) is 19.8 Å². The Kier molecular flexibility index (Phi) is 6.72. The third-order valence-electron chi connectivity index (χ3n) is 2.65. The molecule has 0 spiro atoms. The second kappa shape index (κ2) is 7.80. The Morgan fingerprint density at radius 2 is 2.28 bits per heavy atom. The first kappa shape index (κ1) is 15.5. The quantitative estimate of drug-likeness (QED) is 0.534. The van der Waals surface area contributed by atoms with Gasteiger partial charge in [-0.25, -0.2) is 14.0 Å². The maximum Gasteiger partial charge on any atom is 0.217 e. The van der Waals surface area contributed by atoms with Gasteiger partial charge >= 0.3 is 0 Å². The Balaban J connectivity index is 2.54. The molecule has 3 unspecified atom stereocenters. The van der Waals surface area contributed by atoms with Crippen molar-refractivity contribution in [2.24, 2.45) is 0 Å². The van der Waals surface area contributed by atoms with Gasteiger partial charge in [-0.15, -0.1) is 0 Å². The number of carbonyl (C=O) groups excluding carboxylic acids is 1. The molecule has 106 valence electrons. The van der Waals surface area contributed by atoms with E-state index in [1.54, 1.807) is 5.06 Å². The lowest BCUT2D eigenvalue weighted by atomic mass is 9.99. The van der Waals surface area contributed by atoms with Gasteiger partial charge in [0.1, 0.15) is 6.61 Å². The van der Waals surface area contributed by atoms with E-state index in [4.69, 9.17) is 9.17 Å². The van der Waals surface area contributed by atoms with Crippen molar-refractivity contribution in [3.8, 4) is 0 Å². The van der Waals surface area contributed by atoms with Crippen molar-refractivity contribution >= 4 is 17.0 Å². The van der Waals surface area contributed by atoms with E-state index in [2.05, 4.69) is 10.2 Å². The number of hydroxylamine groups is 2. The Morgan fingerprint density at radius 1 is 1.56 bits per heavy atom. The molecule has 0 aliphatic carbocycles. The van der Waals surface area contributed by atoms with Gasteiger partial charge in [-0.3, -0.25) is 4.79 Å². The van der Waals surface area contributed by atoms with Crippen LogP contribution < -0.4 is 5.32 Å². The third-order valence-corrected chi connectivity index (χ3v) is 3.05. The van der Waals surface area contributed by atoms with Gasteiger partial charge in [0.25, 0.3) is 0 Å². The van der Waals surface area contributed by atoms with Crippen LogP contribution in [0.4, 0.5) is 0 Å². The van der Waals surface area contributed by atoms with Crippen LogP contribution in [0.25, 0.3) is 0 Å². The smallest absolute Gasteiger partial charge is 0.217 e. The number of nitrogens with zero attached hydrogens (tertiary/aromatic N) is 1. The van der Waals surface area contributed by atoms with Crippen LogP contribution in [0.3, 0.4) is 0 Å². The molecule has 0 saturated carbocycles. The highest BCUT2D eigenvalue weighted by Crippen LogP contribution is 2.19. The summed E-state index contributed by atoms with van der Waals surface area (Å²) >= 11 is -1.37. The summed E-state index contributed by atoms with van der Waals surface area (Å²) in [6, 6.07) is -0.0162. The minimum atomic E-state index is -1.37. The second-order valence-corrected chi connectivity index (χ2v) is 5.10. The van der Waals surface area contributed by atoms with E-state index < -0.39 is 11.1 Å². The molecule has 3 atom stereocenters. The third kappa shape index (κ3) is 5.40. The van der Waals surface area contributed by atoms with E-state index in [9.17, 15) is 9.00 Å². The van der Waals surface area contributed by atoms with Crippen LogP contribution in [0.2, 0.25) is 0 Å². The molecule has 0 bridgehead atoms. The molecule has 1 fully saturated rings. The molecule has 1 rings (SSSR count). The van der Waals surface area contributed by atoms with Crippen LogP contribution >= 0.6 is 0 Å². The minimum Gasteiger partial charge on any atom is -0.354 e. The number of piperidine rings is 1. The highest BCUT2D eigenvalue weighted by Gasteiger charge is 2.31. The summed E-state index contributed by atoms with van der Waals surface area (Å²) in [6.45, 7) is 2.37. The fourth-order valence-electron chi connectivity index (χ4n) is 1.98. The average molecular weight is 280 g/mol. The van der Waals surface area contributed by atoms with Gasteiger partial charge in [0.05, 0.1) is 13.2 Å². The summed E-state index contributed by atoms with van der Waals surface area (Å²) in [5, 5.41) is 4.50. The number of hydrogen-bond acceptors (Lipinski definition) is 6. The van der Waals surface area contributed by atoms with E-state index >= 15 is 0 Å². The molecule has 0 radical (unpaired) electrons. The highest BCUT2D eigenvalue weighted by atomic mass is 32.2. The normalized spacial score (nSPS) is 26.8. The van der Waals surface area contributed by atoms with Crippen molar-refractivity contribution in [3.05, 3.63) is 0 Å². The predicted molar refractivity (Wildman–Crippen MR) is 65.4 cm³/mol. The van der Waals surface area contributed by atoms with E-state index in [0.717, 1.165) is 6.42 Å². The topological polar surface area (TPSA) is 77.1 Å². The minimum absolute atomic E-state index is 0.0557. The zero-order valence-electron chi connectivity index (χ0n) is 10.9. The van der Waals surface area contributed by atoms with Crippen LogP contribution in [0.15, 0.2) is 0 Å². The Morgan fingerprint density at radius 3 is 2.83 bits per heavy atom. The molecule has 0 aromatic carbocycles. The van der Waals surface area contributed by atoms with E-state index in [-0.39, 0.29) is 18.0 Å². The fraction of sp³-hybridized carbons (Fsp3) is 0.900. The summed E-state index contributed by atoms with van der Waals surface area (Å²) in [7, 11) is 1.43. The first-order valence-electron chi connectivity index (χ1n) is 5.74. The summed E-state index contributed by atoms with van der Waals surface area (Å²) in [5.74, 6) is -0.0557. The molecule has 0 aromatic rings. The Bertz CT molecular complexity index is 302. The first-order chi connectivity index (χ1) is 8.52. The molecule has 18 heavy (non-hydrogen) atoms.